The van der Waals surface area contributed by atoms with Gasteiger partial charge < -0.3 is 20.1 Å². The van der Waals surface area contributed by atoms with Crippen LogP contribution in [0.5, 0.6) is 5.75 Å². The smallest absolute Gasteiger partial charge is 0.326 e. The van der Waals surface area contributed by atoms with Crippen LogP contribution in [0.1, 0.15) is 56.0 Å². The molecule has 2 N–H and O–H groups in total. The summed E-state index contributed by atoms with van der Waals surface area (Å²) in [6.45, 7) is 7.62. The first kappa shape index (κ1) is 23.9. The first-order valence-electron chi connectivity index (χ1n) is 10.5. The Hall–Kier alpha value is -3.35. The largest absolute Gasteiger partial charge is 0.493 e. The van der Waals surface area contributed by atoms with E-state index in [4.69, 9.17) is 9.47 Å². The summed E-state index contributed by atoms with van der Waals surface area (Å²) in [5.41, 5.74) is 2.14. The molecule has 7 nitrogen and oxygen atoms in total. The Morgan fingerprint density at radius 1 is 0.968 bits per heavy atom. The molecule has 166 valence electrons. The Bertz CT molecular complexity index is 895. The van der Waals surface area contributed by atoms with Crippen LogP contribution in [0.15, 0.2) is 48.5 Å². The van der Waals surface area contributed by atoms with E-state index in [1.54, 1.807) is 24.3 Å². The van der Waals surface area contributed by atoms with E-state index >= 15 is 0 Å². The highest BCUT2D eigenvalue weighted by molar-refractivity contribution is 5.99. The number of para-hydroxylation sites is 1. The topological polar surface area (TPSA) is 93.7 Å². The van der Waals surface area contributed by atoms with Gasteiger partial charge in [0.05, 0.1) is 12.2 Å². The lowest BCUT2D eigenvalue weighted by atomic mass is 9.99. The zero-order valence-electron chi connectivity index (χ0n) is 18.4. The third-order valence-corrected chi connectivity index (χ3v) is 4.86. The molecule has 7 heteroatoms. The van der Waals surface area contributed by atoms with Gasteiger partial charge in [0.2, 0.25) is 0 Å². The van der Waals surface area contributed by atoms with E-state index in [-0.39, 0.29) is 6.54 Å². The minimum atomic E-state index is -1.01. The number of rotatable bonds is 10. The fraction of sp³-hybridized carbons (Fsp3) is 0.375. The molecule has 0 aliphatic rings. The number of ether oxygens (including phenoxy) is 2. The molecule has 31 heavy (non-hydrogen) atoms. The summed E-state index contributed by atoms with van der Waals surface area (Å²) in [5, 5.41) is 5.21. The number of nitrogens with one attached hydrogen (secondary N) is 2. The van der Waals surface area contributed by atoms with Gasteiger partial charge in [0.15, 0.2) is 6.10 Å². The fourth-order valence-electron chi connectivity index (χ4n) is 2.85. The lowest BCUT2D eigenvalue weighted by Crippen LogP contribution is -2.36. The normalized spacial score (nSPS) is 12.4. The van der Waals surface area contributed by atoms with Crippen molar-refractivity contribution in [1.82, 2.24) is 5.32 Å². The van der Waals surface area contributed by atoms with E-state index < -0.39 is 23.9 Å². The van der Waals surface area contributed by atoms with Crippen LogP contribution in [0, 0.1) is 0 Å². The Morgan fingerprint density at radius 3 is 2.29 bits per heavy atom. The van der Waals surface area contributed by atoms with Gasteiger partial charge in [0, 0.05) is 5.69 Å². The molecular formula is C24H30N2O5. The van der Waals surface area contributed by atoms with Gasteiger partial charge in [-0.25, -0.2) is 0 Å². The van der Waals surface area contributed by atoms with Crippen molar-refractivity contribution in [3.05, 3.63) is 59.7 Å². The maximum Gasteiger partial charge on any atom is 0.326 e. The average molecular weight is 427 g/mol. The van der Waals surface area contributed by atoms with Crippen molar-refractivity contribution < 1.29 is 23.9 Å². The Morgan fingerprint density at radius 2 is 1.65 bits per heavy atom. The summed E-state index contributed by atoms with van der Waals surface area (Å²) in [7, 11) is 0. The molecule has 0 aliphatic heterocycles. The number of esters is 1. The second-order valence-corrected chi connectivity index (χ2v) is 7.16. The van der Waals surface area contributed by atoms with Gasteiger partial charge in [-0.2, -0.15) is 0 Å². The molecule has 2 aromatic rings. The maximum atomic E-state index is 12.3. The molecule has 0 spiro atoms. The van der Waals surface area contributed by atoms with E-state index in [1.165, 1.54) is 12.5 Å². The Kier molecular flexibility index (Phi) is 9.06. The van der Waals surface area contributed by atoms with E-state index in [2.05, 4.69) is 24.5 Å². The van der Waals surface area contributed by atoms with Crippen LogP contribution < -0.4 is 15.4 Å². The van der Waals surface area contributed by atoms with E-state index in [1.807, 2.05) is 31.2 Å². The van der Waals surface area contributed by atoms with Gasteiger partial charge in [-0.15, -0.1) is 0 Å². The first-order valence-corrected chi connectivity index (χ1v) is 10.5. The number of carbonyl (C=O) groups excluding carboxylic acids is 3. The average Bonchev–Trinajstić information content (AvgIpc) is 2.78. The van der Waals surface area contributed by atoms with Crippen LogP contribution in [-0.4, -0.2) is 37.0 Å². The number of hydrogen-bond donors (Lipinski definition) is 2. The first-order chi connectivity index (χ1) is 14.8. The molecule has 0 aliphatic carbocycles. The van der Waals surface area contributed by atoms with Crippen molar-refractivity contribution in [3.8, 4) is 5.75 Å². The van der Waals surface area contributed by atoms with Gasteiger partial charge in [-0.05, 0) is 56.0 Å². The highest BCUT2D eigenvalue weighted by Crippen LogP contribution is 2.20. The monoisotopic (exact) mass is 426 g/mol. The van der Waals surface area contributed by atoms with Gasteiger partial charge in [-0.3, -0.25) is 14.4 Å². The van der Waals surface area contributed by atoms with Crippen LogP contribution in [0.25, 0.3) is 0 Å². The molecule has 2 amide bonds. The highest BCUT2D eigenvalue weighted by atomic mass is 16.5. The molecule has 0 unspecified atom stereocenters. The number of hydrogen-bond acceptors (Lipinski definition) is 5. The number of amides is 2. The lowest BCUT2D eigenvalue weighted by molar-refractivity contribution is -0.152. The van der Waals surface area contributed by atoms with Crippen molar-refractivity contribution in [2.75, 3.05) is 18.5 Å². The van der Waals surface area contributed by atoms with Gasteiger partial charge >= 0.3 is 5.97 Å². The minimum Gasteiger partial charge on any atom is -0.493 e. The third kappa shape index (κ3) is 7.13. The second kappa shape index (κ2) is 11.7. The predicted molar refractivity (Wildman–Crippen MR) is 119 cm³/mol. The summed E-state index contributed by atoms with van der Waals surface area (Å²) in [6, 6.07) is 14.3. The number of carbonyl (C=O) groups is 3. The quantitative estimate of drug-likeness (QED) is 0.562. The molecule has 0 fully saturated rings. The SMILES string of the molecule is CCOc1ccccc1C(=O)NCC(=O)O[C@@H](C)C(=O)Nc1ccc([C@H](C)CC)cc1. The van der Waals surface area contributed by atoms with Gasteiger partial charge in [-0.1, -0.05) is 38.1 Å². The van der Waals surface area contributed by atoms with Crippen molar-refractivity contribution >= 4 is 23.5 Å². The molecule has 0 saturated carbocycles. The molecular weight excluding hydrogens is 396 g/mol. The third-order valence-electron chi connectivity index (χ3n) is 4.86. The Labute approximate surface area is 183 Å². The van der Waals surface area contributed by atoms with Crippen LogP contribution >= 0.6 is 0 Å². The zero-order valence-corrected chi connectivity index (χ0v) is 18.4. The van der Waals surface area contributed by atoms with E-state index in [0.717, 1.165) is 6.42 Å². The predicted octanol–water partition coefficient (Wildman–Crippen LogP) is 3.90. The standard InChI is InChI=1S/C24H30N2O5/c1-5-16(3)18-11-13-19(14-12-18)26-23(28)17(4)31-22(27)15-25-24(29)20-9-7-8-10-21(20)30-6-2/h7-14,16-17H,5-6,15H2,1-4H3,(H,25,29)(H,26,28)/t16-,17+/m1/s1. The van der Waals surface area contributed by atoms with Crippen molar-refractivity contribution in [2.45, 2.75) is 46.1 Å². The van der Waals surface area contributed by atoms with Crippen LogP contribution in [0.2, 0.25) is 0 Å². The van der Waals surface area contributed by atoms with Crippen molar-refractivity contribution in [2.24, 2.45) is 0 Å². The van der Waals surface area contributed by atoms with Crippen LogP contribution in [0.3, 0.4) is 0 Å². The summed E-state index contributed by atoms with van der Waals surface area (Å²) in [6.07, 6.45) is 0.0289. The second-order valence-electron chi connectivity index (χ2n) is 7.16. The summed E-state index contributed by atoms with van der Waals surface area (Å²) < 4.78 is 10.5. The van der Waals surface area contributed by atoms with E-state index in [9.17, 15) is 14.4 Å². The summed E-state index contributed by atoms with van der Waals surface area (Å²) in [5.74, 6) is -0.738. The molecule has 2 rings (SSSR count). The molecule has 0 radical (unpaired) electrons. The molecule has 0 saturated heterocycles. The molecule has 2 aromatic carbocycles. The van der Waals surface area contributed by atoms with Gasteiger partial charge in [0.1, 0.15) is 12.3 Å². The van der Waals surface area contributed by atoms with Crippen LogP contribution in [-0.2, 0) is 14.3 Å². The van der Waals surface area contributed by atoms with E-state index in [0.29, 0.717) is 29.5 Å². The molecule has 0 bridgehead atoms. The van der Waals surface area contributed by atoms with Crippen molar-refractivity contribution in [1.29, 1.82) is 0 Å². The van der Waals surface area contributed by atoms with Crippen molar-refractivity contribution in [3.63, 3.8) is 0 Å². The summed E-state index contributed by atoms with van der Waals surface area (Å²) in [4.78, 5) is 36.7. The Balaban J connectivity index is 1.83. The lowest BCUT2D eigenvalue weighted by Gasteiger charge is -2.15. The molecule has 2 atom stereocenters. The molecule has 0 heterocycles. The molecule has 0 aromatic heterocycles. The zero-order chi connectivity index (χ0) is 22.8. The highest BCUT2D eigenvalue weighted by Gasteiger charge is 2.19. The van der Waals surface area contributed by atoms with Crippen LogP contribution in [0.4, 0.5) is 5.69 Å². The number of anilines is 1. The minimum absolute atomic E-state index is 0.323. The maximum absolute atomic E-state index is 12.3. The van der Waals surface area contributed by atoms with Gasteiger partial charge in [0.25, 0.3) is 11.8 Å². The fourth-order valence-corrected chi connectivity index (χ4v) is 2.85. The number of benzene rings is 2. The summed E-state index contributed by atoms with van der Waals surface area (Å²) >= 11 is 0.